The van der Waals surface area contributed by atoms with E-state index >= 15 is 0 Å². The van der Waals surface area contributed by atoms with Gasteiger partial charge in [0, 0.05) is 13.1 Å². The summed E-state index contributed by atoms with van der Waals surface area (Å²) in [6.07, 6.45) is 2.42. The summed E-state index contributed by atoms with van der Waals surface area (Å²) in [4.78, 5) is 2.38. The van der Waals surface area contributed by atoms with E-state index in [1.807, 2.05) is 0 Å². The lowest BCUT2D eigenvalue weighted by molar-refractivity contribution is 0.327. The lowest BCUT2D eigenvalue weighted by Crippen LogP contribution is -2.21. The molecule has 19 heavy (non-hydrogen) atoms. The van der Waals surface area contributed by atoms with Gasteiger partial charge in [0.25, 0.3) is 0 Å². The predicted octanol–water partition coefficient (Wildman–Crippen LogP) is 3.63. The molecule has 1 aromatic carbocycles. The van der Waals surface area contributed by atoms with Crippen molar-refractivity contribution in [2.24, 2.45) is 0 Å². The molecule has 0 radical (unpaired) electrons. The van der Waals surface area contributed by atoms with Gasteiger partial charge in [0.05, 0.1) is 0 Å². The summed E-state index contributed by atoms with van der Waals surface area (Å²) in [5.74, 6) is 0.592. The zero-order chi connectivity index (χ0) is 14.1. The van der Waals surface area contributed by atoms with Crippen molar-refractivity contribution in [2.75, 3.05) is 26.7 Å². The van der Waals surface area contributed by atoms with Crippen LogP contribution in [0, 0.1) is 0 Å². The van der Waals surface area contributed by atoms with Crippen LogP contribution in [0.2, 0.25) is 0 Å². The van der Waals surface area contributed by atoms with E-state index in [4.69, 9.17) is 0 Å². The Morgan fingerprint density at radius 1 is 1.11 bits per heavy atom. The molecule has 0 amide bonds. The van der Waals surface area contributed by atoms with E-state index < -0.39 is 0 Å². The Hall–Kier alpha value is -0.860. The van der Waals surface area contributed by atoms with Gasteiger partial charge >= 0.3 is 0 Å². The number of benzene rings is 1. The Balaban J connectivity index is 2.46. The first kappa shape index (κ1) is 16.2. The molecular formula is C17H30N2. The number of hydrogen-bond donors (Lipinski definition) is 1. The van der Waals surface area contributed by atoms with Crippen molar-refractivity contribution in [3.8, 4) is 0 Å². The topological polar surface area (TPSA) is 15.3 Å². The van der Waals surface area contributed by atoms with Crippen molar-refractivity contribution in [2.45, 2.75) is 46.1 Å². The smallest absolute Gasteiger partial charge is 0.0230 e. The first-order valence-corrected chi connectivity index (χ1v) is 7.65. The second kappa shape index (κ2) is 9.11. The van der Waals surface area contributed by atoms with E-state index in [-0.39, 0.29) is 0 Å². The summed E-state index contributed by atoms with van der Waals surface area (Å²) < 4.78 is 0. The van der Waals surface area contributed by atoms with E-state index in [2.05, 4.69) is 62.3 Å². The maximum atomic E-state index is 3.49. The van der Waals surface area contributed by atoms with Crippen molar-refractivity contribution >= 4 is 0 Å². The van der Waals surface area contributed by atoms with Crippen LogP contribution < -0.4 is 5.32 Å². The maximum Gasteiger partial charge on any atom is 0.0230 e. The molecule has 1 atom stereocenters. The molecule has 2 nitrogen and oxygen atoms in total. The van der Waals surface area contributed by atoms with Gasteiger partial charge in [-0.05, 0) is 50.0 Å². The Morgan fingerprint density at radius 2 is 1.79 bits per heavy atom. The van der Waals surface area contributed by atoms with Crippen LogP contribution in [0.4, 0.5) is 0 Å². The Bertz CT molecular complexity index is 332. The van der Waals surface area contributed by atoms with Gasteiger partial charge in [-0.25, -0.2) is 0 Å². The fraction of sp³-hybridized carbons (Fsp3) is 0.647. The number of hydrogen-bond acceptors (Lipinski definition) is 2. The van der Waals surface area contributed by atoms with Crippen LogP contribution in [0.15, 0.2) is 24.3 Å². The molecule has 0 aromatic heterocycles. The third-order valence-electron chi connectivity index (χ3n) is 3.48. The number of rotatable bonds is 9. The van der Waals surface area contributed by atoms with Crippen LogP contribution in [-0.2, 0) is 6.54 Å². The molecule has 0 saturated carbocycles. The van der Waals surface area contributed by atoms with Crippen molar-refractivity contribution < 1.29 is 0 Å². The van der Waals surface area contributed by atoms with Crippen LogP contribution in [0.25, 0.3) is 0 Å². The molecule has 1 N–H and O–H groups in total. The molecule has 1 unspecified atom stereocenters. The minimum atomic E-state index is 0.592. The summed E-state index contributed by atoms with van der Waals surface area (Å²) in [5, 5.41) is 3.49. The van der Waals surface area contributed by atoms with Gasteiger partial charge < -0.3 is 10.2 Å². The van der Waals surface area contributed by atoms with Gasteiger partial charge in [-0.2, -0.15) is 0 Å². The largest absolute Gasteiger partial charge is 0.316 e. The standard InChI is InChI=1S/C17H30N2/c1-5-11-18-13-15(3)17-9-7-16(8-10-17)14-19(4)12-6-2/h7-10,15,18H,5-6,11-14H2,1-4H3. The van der Waals surface area contributed by atoms with Crippen molar-refractivity contribution in [3.05, 3.63) is 35.4 Å². The summed E-state index contributed by atoms with van der Waals surface area (Å²) in [5.41, 5.74) is 2.85. The lowest BCUT2D eigenvalue weighted by Gasteiger charge is -2.17. The molecule has 0 heterocycles. The molecular weight excluding hydrogens is 232 g/mol. The Morgan fingerprint density at radius 3 is 2.37 bits per heavy atom. The molecule has 0 saturated heterocycles. The Labute approximate surface area is 119 Å². The molecule has 0 bridgehead atoms. The summed E-state index contributed by atoms with van der Waals surface area (Å²) in [6, 6.07) is 9.12. The minimum absolute atomic E-state index is 0.592. The maximum absolute atomic E-state index is 3.49. The molecule has 1 aromatic rings. The highest BCUT2D eigenvalue weighted by Gasteiger charge is 2.05. The van der Waals surface area contributed by atoms with Gasteiger partial charge in [-0.3, -0.25) is 0 Å². The minimum Gasteiger partial charge on any atom is -0.316 e. The van der Waals surface area contributed by atoms with Gasteiger partial charge in [0.2, 0.25) is 0 Å². The van der Waals surface area contributed by atoms with E-state index in [1.54, 1.807) is 0 Å². The average molecular weight is 262 g/mol. The van der Waals surface area contributed by atoms with Crippen molar-refractivity contribution in [3.63, 3.8) is 0 Å². The number of nitrogens with one attached hydrogen (secondary N) is 1. The normalized spacial score (nSPS) is 12.9. The van der Waals surface area contributed by atoms with E-state index in [1.165, 1.54) is 30.5 Å². The highest BCUT2D eigenvalue weighted by atomic mass is 15.1. The van der Waals surface area contributed by atoms with Crippen LogP contribution in [-0.4, -0.2) is 31.6 Å². The van der Waals surface area contributed by atoms with Crippen LogP contribution >= 0.6 is 0 Å². The van der Waals surface area contributed by atoms with E-state index in [9.17, 15) is 0 Å². The summed E-state index contributed by atoms with van der Waals surface area (Å²) >= 11 is 0. The van der Waals surface area contributed by atoms with Crippen LogP contribution in [0.1, 0.15) is 50.7 Å². The monoisotopic (exact) mass is 262 g/mol. The molecule has 0 aliphatic heterocycles. The molecule has 108 valence electrons. The van der Waals surface area contributed by atoms with E-state index in [0.29, 0.717) is 5.92 Å². The summed E-state index contributed by atoms with van der Waals surface area (Å²) in [6.45, 7) is 11.1. The molecule has 0 spiro atoms. The third-order valence-corrected chi connectivity index (χ3v) is 3.48. The fourth-order valence-electron chi connectivity index (χ4n) is 2.34. The summed E-state index contributed by atoms with van der Waals surface area (Å²) in [7, 11) is 2.19. The van der Waals surface area contributed by atoms with Crippen molar-refractivity contribution in [1.82, 2.24) is 10.2 Å². The lowest BCUT2D eigenvalue weighted by atomic mass is 9.99. The average Bonchev–Trinajstić information content (AvgIpc) is 2.40. The fourth-order valence-corrected chi connectivity index (χ4v) is 2.34. The molecule has 1 rings (SSSR count). The predicted molar refractivity (Wildman–Crippen MR) is 84.6 cm³/mol. The van der Waals surface area contributed by atoms with E-state index in [0.717, 1.165) is 19.6 Å². The Kier molecular flexibility index (Phi) is 7.76. The van der Waals surface area contributed by atoms with Gasteiger partial charge in [0.15, 0.2) is 0 Å². The number of nitrogens with zero attached hydrogens (tertiary/aromatic N) is 1. The van der Waals surface area contributed by atoms with Gasteiger partial charge in [0.1, 0.15) is 0 Å². The molecule has 0 fully saturated rings. The van der Waals surface area contributed by atoms with Crippen LogP contribution in [0.3, 0.4) is 0 Å². The van der Waals surface area contributed by atoms with Gasteiger partial charge in [-0.15, -0.1) is 0 Å². The highest BCUT2D eigenvalue weighted by molar-refractivity contribution is 5.25. The molecule has 2 heteroatoms. The van der Waals surface area contributed by atoms with Gasteiger partial charge in [-0.1, -0.05) is 45.0 Å². The van der Waals surface area contributed by atoms with Crippen LogP contribution in [0.5, 0.6) is 0 Å². The SMILES string of the molecule is CCCNCC(C)c1ccc(CN(C)CCC)cc1. The highest BCUT2D eigenvalue weighted by Crippen LogP contribution is 2.15. The third kappa shape index (κ3) is 6.22. The molecule has 0 aliphatic carbocycles. The first-order valence-electron chi connectivity index (χ1n) is 7.65. The molecule has 0 aliphatic rings. The quantitative estimate of drug-likeness (QED) is 0.684. The second-order valence-corrected chi connectivity index (χ2v) is 5.58. The first-order chi connectivity index (χ1) is 9.17. The second-order valence-electron chi connectivity index (χ2n) is 5.58. The van der Waals surface area contributed by atoms with Crippen molar-refractivity contribution in [1.29, 1.82) is 0 Å². The zero-order valence-corrected chi connectivity index (χ0v) is 13.1. The zero-order valence-electron chi connectivity index (χ0n) is 13.1.